The van der Waals surface area contributed by atoms with E-state index in [1.807, 2.05) is 28.6 Å². The molecular weight excluding hydrogens is 210 g/mol. The van der Waals surface area contributed by atoms with E-state index in [2.05, 4.69) is 0 Å². The third-order valence-electron chi connectivity index (χ3n) is 1.79. The van der Waals surface area contributed by atoms with Crippen molar-refractivity contribution in [1.29, 1.82) is 0 Å². The third-order valence-corrected chi connectivity index (χ3v) is 3.17. The summed E-state index contributed by atoms with van der Waals surface area (Å²) in [5, 5.41) is 1.90. The number of hydrogen-bond donors (Lipinski definition) is 0. The highest BCUT2D eigenvalue weighted by atomic mass is 32.2. The molecule has 1 atom stereocenters. The van der Waals surface area contributed by atoms with Crippen LogP contribution in [0.2, 0.25) is 0 Å². The lowest BCUT2D eigenvalue weighted by Crippen LogP contribution is -2.35. The Bertz CT molecular complexity index is 344. The van der Waals surface area contributed by atoms with Crippen LogP contribution in [-0.2, 0) is 10.1 Å². The van der Waals surface area contributed by atoms with E-state index in [0.717, 1.165) is 0 Å². The summed E-state index contributed by atoms with van der Waals surface area (Å²) in [6.07, 6.45) is 2.24. The van der Waals surface area contributed by atoms with Gasteiger partial charge in [0.05, 0.1) is 15.5 Å². The molecule has 0 aromatic carbocycles. The van der Waals surface area contributed by atoms with Gasteiger partial charge in [-0.3, -0.25) is 0 Å². The van der Waals surface area contributed by atoms with Crippen molar-refractivity contribution in [2.45, 2.75) is 19.4 Å². The smallest absolute Gasteiger partial charge is 0.224 e. The molecule has 0 amide bonds. The predicted molar refractivity (Wildman–Crippen MR) is 48.4 cm³/mol. The highest BCUT2D eigenvalue weighted by Gasteiger charge is 2.13. The number of nitrogens with zero attached hydrogens (tertiary/aromatic N) is 1. The van der Waals surface area contributed by atoms with Gasteiger partial charge in [-0.15, -0.1) is 0 Å². The average molecular weight is 221 g/mol. The quantitative estimate of drug-likeness (QED) is 0.550. The molecule has 1 aromatic rings. The van der Waals surface area contributed by atoms with E-state index in [0.29, 0.717) is 6.42 Å². The Morgan fingerprint density at radius 1 is 1.62 bits per heavy atom. The van der Waals surface area contributed by atoms with Gasteiger partial charge in [0.1, 0.15) is 0 Å². The fraction of sp³-hybridized carbons (Fsp3) is 0.571. The minimum Gasteiger partial charge on any atom is -0.748 e. The van der Waals surface area contributed by atoms with Crippen molar-refractivity contribution in [2.75, 3.05) is 5.75 Å². The van der Waals surface area contributed by atoms with Crippen molar-refractivity contribution in [3.63, 3.8) is 0 Å². The lowest BCUT2D eigenvalue weighted by atomic mass is 10.3. The molecule has 0 spiro atoms. The molecule has 74 valence electrons. The van der Waals surface area contributed by atoms with Crippen molar-refractivity contribution < 1.29 is 17.5 Å². The zero-order valence-electron chi connectivity index (χ0n) is 7.21. The Labute approximate surface area is 81.6 Å². The largest absolute Gasteiger partial charge is 0.748 e. The molecule has 4 nitrogen and oxygen atoms in total. The average Bonchev–Trinajstić information content (AvgIpc) is 2.50. The Morgan fingerprint density at radius 2 is 2.31 bits per heavy atom. The van der Waals surface area contributed by atoms with Crippen molar-refractivity contribution in [1.82, 2.24) is 0 Å². The van der Waals surface area contributed by atoms with Crippen molar-refractivity contribution in [3.05, 3.63) is 17.1 Å². The van der Waals surface area contributed by atoms with Gasteiger partial charge < -0.3 is 4.55 Å². The molecule has 1 aromatic heterocycles. The van der Waals surface area contributed by atoms with E-state index in [9.17, 15) is 13.0 Å². The van der Waals surface area contributed by atoms with Gasteiger partial charge in [0, 0.05) is 12.2 Å². The fourth-order valence-electron chi connectivity index (χ4n) is 0.961. The second-order valence-electron chi connectivity index (χ2n) is 2.87. The fourth-order valence-corrected chi connectivity index (χ4v) is 2.29. The Morgan fingerprint density at radius 3 is 2.77 bits per heavy atom. The summed E-state index contributed by atoms with van der Waals surface area (Å²) in [5.41, 5.74) is 1.89. The van der Waals surface area contributed by atoms with Crippen LogP contribution in [0.15, 0.2) is 17.1 Å². The van der Waals surface area contributed by atoms with Gasteiger partial charge in [-0.05, 0) is 6.92 Å². The standard InChI is InChI=1S/C7H11NO3S2/c1-7(2-5-13(9,10)11)8-3-4-12-6-8/h3-4,6-7H,2,5H2,1H3. The molecule has 13 heavy (non-hydrogen) atoms. The van der Waals surface area contributed by atoms with Crippen LogP contribution >= 0.6 is 11.3 Å². The summed E-state index contributed by atoms with van der Waals surface area (Å²) in [5.74, 6) is -0.295. The normalized spacial score (nSPS) is 14.3. The zero-order chi connectivity index (χ0) is 9.90. The first-order valence-corrected chi connectivity index (χ1v) is 6.37. The summed E-state index contributed by atoms with van der Waals surface area (Å²) >= 11 is 1.54. The van der Waals surface area contributed by atoms with Crippen LogP contribution in [0, 0.1) is 0 Å². The van der Waals surface area contributed by atoms with Gasteiger partial charge in [-0.1, -0.05) is 11.3 Å². The van der Waals surface area contributed by atoms with Gasteiger partial charge in [-0.25, -0.2) is 8.42 Å². The highest BCUT2D eigenvalue weighted by molar-refractivity contribution is 7.85. The molecule has 1 rings (SSSR count). The van der Waals surface area contributed by atoms with Crippen LogP contribution in [0.3, 0.4) is 0 Å². The van der Waals surface area contributed by atoms with E-state index < -0.39 is 10.1 Å². The van der Waals surface area contributed by atoms with Gasteiger partial charge in [-0.2, -0.15) is 4.57 Å². The van der Waals surface area contributed by atoms with Gasteiger partial charge in [0.2, 0.25) is 5.51 Å². The van der Waals surface area contributed by atoms with Gasteiger partial charge >= 0.3 is 0 Å². The predicted octanol–water partition coefficient (Wildman–Crippen LogP) is 0.532. The SMILES string of the molecule is CC(CCS(=O)(=O)[O-])[n+]1ccsc1. The maximum Gasteiger partial charge on any atom is 0.224 e. The zero-order valence-corrected chi connectivity index (χ0v) is 8.85. The van der Waals surface area contributed by atoms with E-state index in [1.54, 1.807) is 0 Å². The first-order valence-electron chi connectivity index (χ1n) is 3.85. The molecule has 0 saturated heterocycles. The van der Waals surface area contributed by atoms with E-state index in [-0.39, 0.29) is 11.8 Å². The summed E-state index contributed by atoms with van der Waals surface area (Å²) in [7, 11) is -4.07. The molecule has 0 aliphatic heterocycles. The van der Waals surface area contributed by atoms with Crippen LogP contribution in [0.4, 0.5) is 0 Å². The first kappa shape index (κ1) is 10.6. The molecule has 0 saturated carbocycles. The summed E-state index contributed by atoms with van der Waals surface area (Å²) in [6, 6.07) is 0.0648. The monoisotopic (exact) mass is 221 g/mol. The first-order chi connectivity index (χ1) is 5.99. The molecule has 0 aliphatic carbocycles. The molecule has 1 heterocycles. The molecule has 6 heteroatoms. The number of aromatic nitrogens is 1. The number of thiazole rings is 1. The molecule has 1 unspecified atom stereocenters. The minimum absolute atomic E-state index is 0.0648. The minimum atomic E-state index is -4.07. The van der Waals surface area contributed by atoms with Crippen molar-refractivity contribution >= 4 is 21.5 Å². The summed E-state index contributed by atoms with van der Waals surface area (Å²) < 4.78 is 32.9. The van der Waals surface area contributed by atoms with Crippen LogP contribution in [0.1, 0.15) is 19.4 Å². The number of rotatable bonds is 4. The van der Waals surface area contributed by atoms with E-state index in [4.69, 9.17) is 0 Å². The number of hydrogen-bond acceptors (Lipinski definition) is 4. The topological polar surface area (TPSA) is 61.1 Å². The third kappa shape index (κ3) is 3.84. The molecular formula is C7H11NO3S2. The lowest BCUT2D eigenvalue weighted by Gasteiger charge is -2.07. The summed E-state index contributed by atoms with van der Waals surface area (Å²) in [4.78, 5) is 0. The summed E-state index contributed by atoms with van der Waals surface area (Å²) in [6.45, 7) is 1.89. The van der Waals surface area contributed by atoms with Crippen molar-refractivity contribution in [2.24, 2.45) is 0 Å². The second-order valence-corrected chi connectivity index (χ2v) is 5.15. The van der Waals surface area contributed by atoms with Crippen LogP contribution in [-0.4, -0.2) is 18.7 Å². The molecule has 0 fully saturated rings. The maximum absolute atomic E-state index is 10.3. The molecule has 0 aliphatic rings. The van der Waals surface area contributed by atoms with Crippen LogP contribution in [0.5, 0.6) is 0 Å². The van der Waals surface area contributed by atoms with Crippen LogP contribution in [0.25, 0.3) is 0 Å². The van der Waals surface area contributed by atoms with Crippen molar-refractivity contribution in [3.8, 4) is 0 Å². The van der Waals surface area contributed by atoms with E-state index >= 15 is 0 Å². The Hall–Kier alpha value is -0.460. The molecule has 0 radical (unpaired) electrons. The highest BCUT2D eigenvalue weighted by Crippen LogP contribution is 2.04. The van der Waals surface area contributed by atoms with E-state index in [1.165, 1.54) is 11.3 Å². The van der Waals surface area contributed by atoms with Gasteiger partial charge in [0.25, 0.3) is 0 Å². The van der Waals surface area contributed by atoms with Gasteiger partial charge in [0.15, 0.2) is 12.2 Å². The molecule has 0 N–H and O–H groups in total. The molecule has 0 bridgehead atoms. The maximum atomic E-state index is 10.3. The second kappa shape index (κ2) is 4.17. The Balaban J connectivity index is 2.48. The Kier molecular flexibility index (Phi) is 3.40. The lowest BCUT2D eigenvalue weighted by molar-refractivity contribution is -0.715. The van der Waals surface area contributed by atoms with Crippen LogP contribution < -0.4 is 4.57 Å².